The van der Waals surface area contributed by atoms with Gasteiger partial charge in [0.05, 0.1) is 5.52 Å². The van der Waals surface area contributed by atoms with Crippen molar-refractivity contribution >= 4 is 32.7 Å². The third-order valence-electron chi connectivity index (χ3n) is 3.70. The molecule has 2 aromatic rings. The molecule has 6 heteroatoms. The van der Waals surface area contributed by atoms with Gasteiger partial charge in [-0.2, -0.15) is 0 Å². The minimum atomic E-state index is 0.341. The SMILES string of the molecule is C[C@@H](CN1CCNCC1)Nc1nc(Br)nc2ccccc12. The predicted molar refractivity (Wildman–Crippen MR) is 89.6 cm³/mol. The zero-order valence-corrected chi connectivity index (χ0v) is 13.7. The maximum atomic E-state index is 4.50. The molecule has 1 aliphatic heterocycles. The van der Waals surface area contributed by atoms with Crippen molar-refractivity contribution in [1.29, 1.82) is 0 Å². The molecule has 0 amide bonds. The van der Waals surface area contributed by atoms with Crippen molar-refractivity contribution in [1.82, 2.24) is 20.2 Å². The van der Waals surface area contributed by atoms with Gasteiger partial charge < -0.3 is 10.6 Å². The van der Waals surface area contributed by atoms with Gasteiger partial charge in [0, 0.05) is 44.2 Å². The van der Waals surface area contributed by atoms with Gasteiger partial charge in [0.1, 0.15) is 5.82 Å². The van der Waals surface area contributed by atoms with Crippen LogP contribution in [0.4, 0.5) is 5.82 Å². The number of rotatable bonds is 4. The number of aromatic nitrogens is 2. The van der Waals surface area contributed by atoms with E-state index in [4.69, 9.17) is 0 Å². The van der Waals surface area contributed by atoms with Crippen LogP contribution in [0.5, 0.6) is 0 Å². The van der Waals surface area contributed by atoms with Crippen molar-refractivity contribution in [3.63, 3.8) is 0 Å². The van der Waals surface area contributed by atoms with Crippen LogP contribution in [0, 0.1) is 0 Å². The quantitative estimate of drug-likeness (QED) is 0.828. The van der Waals surface area contributed by atoms with E-state index in [1.54, 1.807) is 0 Å². The van der Waals surface area contributed by atoms with Crippen molar-refractivity contribution < 1.29 is 0 Å². The molecule has 0 unspecified atom stereocenters. The Morgan fingerprint density at radius 1 is 1.29 bits per heavy atom. The summed E-state index contributed by atoms with van der Waals surface area (Å²) in [6, 6.07) is 8.42. The second kappa shape index (κ2) is 6.68. The molecule has 5 nitrogen and oxygen atoms in total. The van der Waals surface area contributed by atoms with Crippen molar-refractivity contribution in [2.75, 3.05) is 38.0 Å². The third kappa shape index (κ3) is 3.70. The largest absolute Gasteiger partial charge is 0.366 e. The Morgan fingerprint density at radius 3 is 2.86 bits per heavy atom. The first-order valence-corrected chi connectivity index (χ1v) is 8.13. The molecule has 3 rings (SSSR count). The first-order chi connectivity index (χ1) is 10.2. The summed E-state index contributed by atoms with van der Waals surface area (Å²) in [6.45, 7) is 7.61. The summed E-state index contributed by atoms with van der Waals surface area (Å²) in [5.74, 6) is 0.898. The molecule has 21 heavy (non-hydrogen) atoms. The maximum Gasteiger partial charge on any atom is 0.199 e. The van der Waals surface area contributed by atoms with E-state index < -0.39 is 0 Å². The smallest absolute Gasteiger partial charge is 0.199 e. The van der Waals surface area contributed by atoms with Crippen molar-refractivity contribution in [2.24, 2.45) is 0 Å². The molecule has 2 N–H and O–H groups in total. The van der Waals surface area contributed by atoms with Crippen LogP contribution in [-0.4, -0.2) is 53.6 Å². The molecule has 0 radical (unpaired) electrons. The highest BCUT2D eigenvalue weighted by Crippen LogP contribution is 2.22. The van der Waals surface area contributed by atoms with Crippen molar-refractivity contribution in [3.05, 3.63) is 29.0 Å². The summed E-state index contributed by atoms with van der Waals surface area (Å²) in [6.07, 6.45) is 0. The van der Waals surface area contributed by atoms with Crippen molar-refractivity contribution in [2.45, 2.75) is 13.0 Å². The summed E-state index contributed by atoms with van der Waals surface area (Å²) in [7, 11) is 0. The second-order valence-corrected chi connectivity index (χ2v) is 6.16. The molecule has 1 aromatic heterocycles. The van der Waals surface area contributed by atoms with Crippen LogP contribution in [-0.2, 0) is 0 Å². The highest BCUT2D eigenvalue weighted by atomic mass is 79.9. The average molecular weight is 350 g/mol. The molecular weight excluding hydrogens is 330 g/mol. The lowest BCUT2D eigenvalue weighted by atomic mass is 10.2. The Kier molecular flexibility index (Phi) is 4.67. The number of fused-ring (bicyclic) bond motifs is 1. The summed E-state index contributed by atoms with van der Waals surface area (Å²) >= 11 is 3.39. The van der Waals surface area contributed by atoms with Crippen LogP contribution < -0.4 is 10.6 Å². The lowest BCUT2D eigenvalue weighted by Crippen LogP contribution is -2.47. The Balaban J connectivity index is 1.74. The lowest BCUT2D eigenvalue weighted by molar-refractivity contribution is 0.235. The molecule has 0 bridgehead atoms. The number of nitrogens with one attached hydrogen (secondary N) is 2. The minimum absolute atomic E-state index is 0.341. The predicted octanol–water partition coefficient (Wildman–Crippen LogP) is 2.10. The maximum absolute atomic E-state index is 4.50. The molecule has 0 saturated carbocycles. The van der Waals surface area contributed by atoms with Gasteiger partial charge in [-0.3, -0.25) is 4.90 Å². The third-order valence-corrected chi connectivity index (χ3v) is 4.06. The van der Waals surface area contributed by atoms with Gasteiger partial charge in [-0.05, 0) is 35.0 Å². The van der Waals surface area contributed by atoms with E-state index in [0.717, 1.165) is 49.4 Å². The molecule has 2 heterocycles. The van der Waals surface area contributed by atoms with Crippen LogP contribution in [0.3, 0.4) is 0 Å². The van der Waals surface area contributed by atoms with Gasteiger partial charge in [-0.15, -0.1) is 0 Å². The fraction of sp³-hybridized carbons (Fsp3) is 0.467. The number of para-hydroxylation sites is 1. The van der Waals surface area contributed by atoms with Crippen LogP contribution >= 0.6 is 15.9 Å². The molecule has 1 aromatic carbocycles. The fourth-order valence-corrected chi connectivity index (χ4v) is 3.09. The number of halogens is 1. The Morgan fingerprint density at radius 2 is 2.05 bits per heavy atom. The standard InChI is InChI=1S/C15H20BrN5/c1-11(10-21-8-6-17-7-9-21)18-14-12-4-2-3-5-13(12)19-15(16)20-14/h2-5,11,17H,6-10H2,1H3,(H,18,19,20)/t11-/m0/s1. The fourth-order valence-electron chi connectivity index (χ4n) is 2.72. The van der Waals surface area contributed by atoms with Crippen LogP contribution in [0.2, 0.25) is 0 Å². The van der Waals surface area contributed by atoms with E-state index in [2.05, 4.69) is 54.4 Å². The summed E-state index contributed by atoms with van der Waals surface area (Å²) in [4.78, 5) is 11.4. The molecule has 1 aliphatic rings. The number of piperazine rings is 1. The molecule has 1 atom stereocenters. The van der Waals surface area contributed by atoms with Crippen LogP contribution in [0.1, 0.15) is 6.92 Å². The molecule has 112 valence electrons. The zero-order valence-electron chi connectivity index (χ0n) is 12.1. The van der Waals surface area contributed by atoms with Gasteiger partial charge >= 0.3 is 0 Å². The second-order valence-electron chi connectivity index (χ2n) is 5.45. The molecule has 0 spiro atoms. The summed E-state index contributed by atoms with van der Waals surface area (Å²) in [5, 5.41) is 7.97. The average Bonchev–Trinajstić information content (AvgIpc) is 2.48. The zero-order chi connectivity index (χ0) is 14.7. The van der Waals surface area contributed by atoms with Gasteiger partial charge in [0.2, 0.25) is 0 Å². The van der Waals surface area contributed by atoms with Gasteiger partial charge in [0.25, 0.3) is 0 Å². The number of hydrogen-bond acceptors (Lipinski definition) is 5. The Bertz CT molecular complexity index is 612. The van der Waals surface area contributed by atoms with Gasteiger partial charge in [-0.25, -0.2) is 9.97 Å². The van der Waals surface area contributed by atoms with E-state index in [-0.39, 0.29) is 0 Å². The number of benzene rings is 1. The molecule has 0 aliphatic carbocycles. The molecule has 1 saturated heterocycles. The van der Waals surface area contributed by atoms with E-state index in [9.17, 15) is 0 Å². The van der Waals surface area contributed by atoms with Crippen molar-refractivity contribution in [3.8, 4) is 0 Å². The van der Waals surface area contributed by atoms with Gasteiger partial charge in [-0.1, -0.05) is 12.1 Å². The van der Waals surface area contributed by atoms with Crippen LogP contribution in [0.25, 0.3) is 10.9 Å². The first kappa shape index (κ1) is 14.7. The first-order valence-electron chi connectivity index (χ1n) is 7.34. The summed E-state index contributed by atoms with van der Waals surface area (Å²) < 4.78 is 0.623. The normalized spacial score (nSPS) is 17.8. The summed E-state index contributed by atoms with van der Waals surface area (Å²) in [5.41, 5.74) is 0.955. The molecule has 1 fully saturated rings. The van der Waals surface area contributed by atoms with Crippen LogP contribution in [0.15, 0.2) is 29.0 Å². The van der Waals surface area contributed by atoms with E-state index in [0.29, 0.717) is 10.8 Å². The Labute approximate surface area is 133 Å². The molecular formula is C15H20BrN5. The monoisotopic (exact) mass is 349 g/mol. The lowest BCUT2D eigenvalue weighted by Gasteiger charge is -2.30. The highest BCUT2D eigenvalue weighted by Gasteiger charge is 2.14. The van der Waals surface area contributed by atoms with Gasteiger partial charge in [0.15, 0.2) is 4.73 Å². The van der Waals surface area contributed by atoms with E-state index in [1.165, 1.54) is 0 Å². The topological polar surface area (TPSA) is 53.1 Å². The number of nitrogens with zero attached hydrogens (tertiary/aromatic N) is 3. The van der Waals surface area contributed by atoms with E-state index >= 15 is 0 Å². The number of hydrogen-bond donors (Lipinski definition) is 2. The Hall–Kier alpha value is -1.24. The minimum Gasteiger partial charge on any atom is -0.366 e. The number of anilines is 1. The van der Waals surface area contributed by atoms with E-state index in [1.807, 2.05) is 18.2 Å². The highest BCUT2D eigenvalue weighted by molar-refractivity contribution is 9.10.